The van der Waals surface area contributed by atoms with Gasteiger partial charge in [0.1, 0.15) is 0 Å². The third-order valence-electron chi connectivity index (χ3n) is 1.78. The third kappa shape index (κ3) is 3.08. The van der Waals surface area contributed by atoms with Crippen molar-refractivity contribution < 1.29 is 4.79 Å². The number of hydrogen-bond donors (Lipinski definition) is 1. The zero-order valence-corrected chi connectivity index (χ0v) is 10.6. The van der Waals surface area contributed by atoms with Crippen LogP contribution in [0.1, 0.15) is 11.8 Å². The molecule has 0 radical (unpaired) electrons. The lowest BCUT2D eigenvalue weighted by atomic mass is 10.3. The predicted octanol–water partition coefficient (Wildman–Crippen LogP) is 1.82. The van der Waals surface area contributed by atoms with Crippen LogP contribution in [0.2, 0.25) is 0 Å². The second-order valence-corrected chi connectivity index (χ2v) is 5.13. The van der Waals surface area contributed by atoms with Crippen molar-refractivity contribution in [3.05, 3.63) is 20.8 Å². The van der Waals surface area contributed by atoms with Crippen LogP contribution in [0.3, 0.4) is 0 Å². The van der Waals surface area contributed by atoms with Crippen molar-refractivity contribution in [2.24, 2.45) is 5.73 Å². The first-order chi connectivity index (χ1) is 6.50. The number of halogens is 1. The second-order valence-electron chi connectivity index (χ2n) is 3.21. The highest BCUT2D eigenvalue weighted by molar-refractivity contribution is 9.10. The number of nitrogens with zero attached hydrogens (tertiary/aromatic N) is 1. The number of carbonyl (C=O) groups is 1. The van der Waals surface area contributed by atoms with Gasteiger partial charge in [0, 0.05) is 21.8 Å². The Balaban J connectivity index is 2.57. The van der Waals surface area contributed by atoms with Gasteiger partial charge in [0.25, 0.3) is 0 Å². The Morgan fingerprint density at radius 3 is 2.86 bits per heavy atom. The van der Waals surface area contributed by atoms with Crippen LogP contribution in [0.4, 0.5) is 0 Å². The summed E-state index contributed by atoms with van der Waals surface area (Å²) in [5.41, 5.74) is 5.50. The minimum atomic E-state index is -0.427. The van der Waals surface area contributed by atoms with E-state index in [4.69, 9.17) is 5.73 Å². The fraction of sp³-hybridized carbons (Fsp3) is 0.444. The highest BCUT2D eigenvalue weighted by Gasteiger charge is 2.13. The fourth-order valence-electron chi connectivity index (χ4n) is 1.10. The summed E-state index contributed by atoms with van der Waals surface area (Å²) in [6.45, 7) is 2.32. The van der Waals surface area contributed by atoms with E-state index in [2.05, 4.69) is 15.9 Å². The first-order valence-corrected chi connectivity index (χ1v) is 5.91. The number of rotatable bonds is 3. The largest absolute Gasteiger partial charge is 0.339 e. The molecule has 0 aromatic carbocycles. The Kier molecular flexibility index (Phi) is 4.10. The van der Waals surface area contributed by atoms with E-state index in [-0.39, 0.29) is 5.91 Å². The molecule has 0 aliphatic carbocycles. The van der Waals surface area contributed by atoms with E-state index >= 15 is 0 Å². The zero-order chi connectivity index (χ0) is 10.7. The summed E-state index contributed by atoms with van der Waals surface area (Å²) >= 11 is 5.00. The van der Waals surface area contributed by atoms with E-state index in [1.54, 1.807) is 30.2 Å². The first kappa shape index (κ1) is 11.7. The van der Waals surface area contributed by atoms with Crippen LogP contribution in [-0.4, -0.2) is 23.9 Å². The van der Waals surface area contributed by atoms with E-state index in [0.717, 1.165) is 9.35 Å². The minimum absolute atomic E-state index is 0.0328. The van der Waals surface area contributed by atoms with Gasteiger partial charge in [-0.15, -0.1) is 11.3 Å². The van der Waals surface area contributed by atoms with Crippen LogP contribution in [0, 0.1) is 0 Å². The minimum Gasteiger partial charge on any atom is -0.339 e. The summed E-state index contributed by atoms with van der Waals surface area (Å²) in [5, 5.41) is 2.00. The molecule has 0 aliphatic heterocycles. The summed E-state index contributed by atoms with van der Waals surface area (Å²) in [6, 6.07) is 1.58. The van der Waals surface area contributed by atoms with Crippen molar-refractivity contribution in [2.75, 3.05) is 7.05 Å². The summed E-state index contributed by atoms with van der Waals surface area (Å²) in [6.07, 6.45) is 0. The molecular weight excluding hydrogens is 264 g/mol. The molecule has 14 heavy (non-hydrogen) atoms. The highest BCUT2D eigenvalue weighted by atomic mass is 79.9. The third-order valence-corrected chi connectivity index (χ3v) is 3.46. The van der Waals surface area contributed by atoms with Crippen LogP contribution in [0.5, 0.6) is 0 Å². The van der Waals surface area contributed by atoms with Crippen LogP contribution in [0.15, 0.2) is 15.9 Å². The molecule has 5 heteroatoms. The molecule has 1 atom stereocenters. The van der Waals surface area contributed by atoms with E-state index in [1.165, 1.54) is 0 Å². The van der Waals surface area contributed by atoms with Crippen LogP contribution >= 0.6 is 27.3 Å². The molecule has 0 spiro atoms. The number of nitrogens with two attached hydrogens (primary N) is 1. The summed E-state index contributed by atoms with van der Waals surface area (Å²) in [5.74, 6) is -0.0328. The molecule has 0 saturated heterocycles. The van der Waals surface area contributed by atoms with E-state index in [0.29, 0.717) is 6.54 Å². The van der Waals surface area contributed by atoms with Crippen LogP contribution in [0.25, 0.3) is 0 Å². The monoisotopic (exact) mass is 276 g/mol. The van der Waals surface area contributed by atoms with Gasteiger partial charge in [-0.1, -0.05) is 0 Å². The smallest absolute Gasteiger partial charge is 0.239 e. The average Bonchev–Trinajstić information content (AvgIpc) is 2.49. The number of carbonyl (C=O) groups excluding carboxylic acids is 1. The van der Waals surface area contributed by atoms with Gasteiger partial charge in [0.2, 0.25) is 5.91 Å². The Morgan fingerprint density at radius 1 is 1.79 bits per heavy atom. The predicted molar refractivity (Wildman–Crippen MR) is 62.1 cm³/mol. The number of likely N-dealkylation sites (N-methyl/N-ethyl adjacent to an activating group) is 1. The molecule has 1 heterocycles. The Hall–Kier alpha value is -0.390. The topological polar surface area (TPSA) is 46.3 Å². The van der Waals surface area contributed by atoms with E-state index in [1.807, 2.05) is 11.4 Å². The lowest BCUT2D eigenvalue weighted by molar-refractivity contribution is -0.131. The Labute approximate surface area is 96.0 Å². The zero-order valence-electron chi connectivity index (χ0n) is 8.16. The van der Waals surface area contributed by atoms with Crippen molar-refractivity contribution in [3.63, 3.8) is 0 Å². The van der Waals surface area contributed by atoms with Crippen LogP contribution in [-0.2, 0) is 11.3 Å². The van der Waals surface area contributed by atoms with Crippen molar-refractivity contribution >= 4 is 33.2 Å². The lowest BCUT2D eigenvalue weighted by Crippen LogP contribution is -2.39. The lowest BCUT2D eigenvalue weighted by Gasteiger charge is -2.18. The SMILES string of the molecule is C[C@H](N)C(=O)N(C)Cc1cc(Br)cs1. The standard InChI is InChI=1S/C9H13BrN2OS/c1-6(11)9(13)12(2)4-8-3-7(10)5-14-8/h3,5-6H,4,11H2,1-2H3/t6-/m0/s1. The van der Waals surface area contributed by atoms with Gasteiger partial charge in [-0.05, 0) is 28.9 Å². The maximum atomic E-state index is 11.4. The number of hydrogen-bond acceptors (Lipinski definition) is 3. The van der Waals surface area contributed by atoms with Gasteiger partial charge in [-0.25, -0.2) is 0 Å². The summed E-state index contributed by atoms with van der Waals surface area (Å²) in [4.78, 5) is 14.2. The summed E-state index contributed by atoms with van der Waals surface area (Å²) in [7, 11) is 1.76. The quantitative estimate of drug-likeness (QED) is 0.916. The molecule has 0 unspecified atom stereocenters. The van der Waals surface area contributed by atoms with E-state index in [9.17, 15) is 4.79 Å². The molecule has 2 N–H and O–H groups in total. The first-order valence-electron chi connectivity index (χ1n) is 4.24. The molecular formula is C9H13BrN2OS. The maximum absolute atomic E-state index is 11.4. The average molecular weight is 277 g/mol. The molecule has 1 aromatic heterocycles. The van der Waals surface area contributed by atoms with Crippen molar-refractivity contribution in [3.8, 4) is 0 Å². The van der Waals surface area contributed by atoms with Gasteiger partial charge in [0.15, 0.2) is 0 Å². The Morgan fingerprint density at radius 2 is 2.43 bits per heavy atom. The number of thiophene rings is 1. The molecule has 78 valence electrons. The Bertz CT molecular complexity index is 324. The highest BCUT2D eigenvalue weighted by Crippen LogP contribution is 2.20. The van der Waals surface area contributed by atoms with Gasteiger partial charge in [-0.3, -0.25) is 4.79 Å². The van der Waals surface area contributed by atoms with E-state index < -0.39 is 6.04 Å². The van der Waals surface area contributed by atoms with Crippen LogP contribution < -0.4 is 5.73 Å². The molecule has 0 aliphatic rings. The van der Waals surface area contributed by atoms with Crippen molar-refractivity contribution in [1.82, 2.24) is 4.90 Å². The van der Waals surface area contributed by atoms with Crippen molar-refractivity contribution in [2.45, 2.75) is 19.5 Å². The molecule has 3 nitrogen and oxygen atoms in total. The summed E-state index contributed by atoms with van der Waals surface area (Å²) < 4.78 is 1.05. The van der Waals surface area contributed by atoms with Crippen molar-refractivity contribution in [1.29, 1.82) is 0 Å². The molecule has 1 amide bonds. The fourth-order valence-corrected chi connectivity index (χ4v) is 2.60. The second kappa shape index (κ2) is 4.91. The van der Waals surface area contributed by atoms with Gasteiger partial charge >= 0.3 is 0 Å². The normalized spacial score (nSPS) is 12.6. The van der Waals surface area contributed by atoms with Gasteiger partial charge in [0.05, 0.1) is 12.6 Å². The molecule has 0 fully saturated rings. The maximum Gasteiger partial charge on any atom is 0.239 e. The molecule has 1 rings (SSSR count). The number of amides is 1. The molecule has 1 aromatic rings. The molecule has 0 bridgehead atoms. The van der Waals surface area contributed by atoms with Gasteiger partial charge in [-0.2, -0.15) is 0 Å². The molecule has 0 saturated carbocycles. The van der Waals surface area contributed by atoms with Gasteiger partial charge < -0.3 is 10.6 Å².